The quantitative estimate of drug-likeness (QED) is 0.524. The number of thiazole rings is 1. The number of carbonyl (C=O) groups is 1. The highest BCUT2D eigenvalue weighted by molar-refractivity contribution is 7.17. The van der Waals surface area contributed by atoms with Crippen molar-refractivity contribution in [2.75, 3.05) is 6.54 Å². The summed E-state index contributed by atoms with van der Waals surface area (Å²) in [5.74, 6) is -0.327. The Morgan fingerprint density at radius 3 is 3.00 bits per heavy atom. The molecular weight excluding hydrogens is 284 g/mol. The van der Waals surface area contributed by atoms with Gasteiger partial charge in [0.15, 0.2) is 4.96 Å². The van der Waals surface area contributed by atoms with Gasteiger partial charge in [0.1, 0.15) is 11.6 Å². The van der Waals surface area contributed by atoms with Gasteiger partial charge in [0.05, 0.1) is 11.4 Å². The molecule has 21 heavy (non-hydrogen) atoms. The van der Waals surface area contributed by atoms with E-state index in [1.54, 1.807) is 17.4 Å². The molecule has 2 rings (SSSR count). The minimum absolute atomic E-state index is 0.111. The van der Waals surface area contributed by atoms with E-state index in [0.29, 0.717) is 6.54 Å². The van der Waals surface area contributed by atoms with Crippen LogP contribution in [0.5, 0.6) is 0 Å². The van der Waals surface area contributed by atoms with E-state index in [-0.39, 0.29) is 11.5 Å². The molecule has 0 aliphatic rings. The fraction of sp³-hybridized carbons (Fsp3) is 0.400. The van der Waals surface area contributed by atoms with E-state index in [0.717, 1.165) is 34.1 Å². The van der Waals surface area contributed by atoms with Crippen LogP contribution in [0.3, 0.4) is 0 Å². The summed E-state index contributed by atoms with van der Waals surface area (Å²) >= 11 is 1.59. The van der Waals surface area contributed by atoms with Gasteiger partial charge in [-0.2, -0.15) is 5.26 Å². The number of imidazole rings is 1. The predicted octanol–water partition coefficient (Wildman–Crippen LogP) is 2.84. The Morgan fingerprint density at radius 1 is 1.57 bits per heavy atom. The smallest absolute Gasteiger partial charge is 0.262 e. The van der Waals surface area contributed by atoms with E-state index < -0.39 is 0 Å². The molecule has 0 spiro atoms. The lowest BCUT2D eigenvalue weighted by Crippen LogP contribution is -2.25. The number of nitriles is 1. The normalized spacial score (nSPS) is 11.6. The molecule has 0 saturated heterocycles. The minimum Gasteiger partial charge on any atom is -0.351 e. The SMILES string of the molecule is CCCCNC(=O)/C(C#N)=C/c1c(C)nc2sc(C)cn12. The van der Waals surface area contributed by atoms with Crippen LogP contribution in [0.4, 0.5) is 0 Å². The van der Waals surface area contributed by atoms with Crippen LogP contribution < -0.4 is 5.32 Å². The Labute approximate surface area is 127 Å². The summed E-state index contributed by atoms with van der Waals surface area (Å²) in [6.45, 7) is 6.53. The number of amides is 1. The van der Waals surface area contributed by atoms with Crippen LogP contribution in [0, 0.1) is 25.2 Å². The molecule has 0 atom stereocenters. The van der Waals surface area contributed by atoms with Gasteiger partial charge in [-0.05, 0) is 26.3 Å². The third kappa shape index (κ3) is 3.31. The van der Waals surface area contributed by atoms with Crippen LogP contribution in [0.15, 0.2) is 11.8 Å². The number of aryl methyl sites for hydroxylation is 2. The van der Waals surface area contributed by atoms with E-state index in [1.165, 1.54) is 0 Å². The largest absolute Gasteiger partial charge is 0.351 e. The summed E-state index contributed by atoms with van der Waals surface area (Å²) in [4.78, 5) is 18.5. The predicted molar refractivity (Wildman–Crippen MR) is 84.1 cm³/mol. The lowest BCUT2D eigenvalue weighted by atomic mass is 10.2. The van der Waals surface area contributed by atoms with Crippen molar-refractivity contribution < 1.29 is 4.79 Å². The number of unbranched alkanes of at least 4 members (excludes halogenated alkanes) is 1. The van der Waals surface area contributed by atoms with Crippen molar-refractivity contribution in [3.8, 4) is 6.07 Å². The maximum Gasteiger partial charge on any atom is 0.262 e. The van der Waals surface area contributed by atoms with Crippen LogP contribution in [-0.2, 0) is 4.79 Å². The Kier molecular flexibility index (Phi) is 4.76. The summed E-state index contributed by atoms with van der Waals surface area (Å²) in [5.41, 5.74) is 1.71. The highest BCUT2D eigenvalue weighted by Crippen LogP contribution is 2.22. The second-order valence-electron chi connectivity index (χ2n) is 4.86. The zero-order valence-electron chi connectivity index (χ0n) is 12.4. The maximum absolute atomic E-state index is 12.0. The zero-order chi connectivity index (χ0) is 15.4. The number of carbonyl (C=O) groups excluding carboxylic acids is 1. The Bertz CT molecular complexity index is 733. The number of nitrogens with zero attached hydrogens (tertiary/aromatic N) is 3. The van der Waals surface area contributed by atoms with Crippen molar-refractivity contribution >= 4 is 28.3 Å². The van der Waals surface area contributed by atoms with Crippen molar-refractivity contribution in [1.82, 2.24) is 14.7 Å². The first kappa shape index (κ1) is 15.3. The monoisotopic (exact) mass is 302 g/mol. The molecule has 0 fully saturated rings. The van der Waals surface area contributed by atoms with E-state index in [4.69, 9.17) is 0 Å². The molecule has 5 nitrogen and oxygen atoms in total. The molecule has 2 heterocycles. The van der Waals surface area contributed by atoms with E-state index in [1.807, 2.05) is 30.5 Å². The number of aromatic nitrogens is 2. The molecule has 0 unspecified atom stereocenters. The van der Waals surface area contributed by atoms with Gasteiger partial charge in [-0.15, -0.1) is 11.3 Å². The molecule has 110 valence electrons. The number of fused-ring (bicyclic) bond motifs is 1. The van der Waals surface area contributed by atoms with Crippen LogP contribution in [0.1, 0.15) is 36.0 Å². The summed E-state index contributed by atoms with van der Waals surface area (Å²) < 4.78 is 1.92. The van der Waals surface area contributed by atoms with Gasteiger partial charge in [0.25, 0.3) is 5.91 Å². The maximum atomic E-state index is 12.0. The molecule has 0 aromatic carbocycles. The molecule has 0 bridgehead atoms. The second kappa shape index (κ2) is 6.55. The molecule has 0 aliphatic carbocycles. The second-order valence-corrected chi connectivity index (χ2v) is 6.07. The molecular formula is C15H18N4OS. The first-order valence-corrected chi connectivity index (χ1v) is 7.73. The lowest BCUT2D eigenvalue weighted by molar-refractivity contribution is -0.117. The first-order valence-electron chi connectivity index (χ1n) is 6.92. The third-order valence-corrected chi connectivity index (χ3v) is 4.02. The van der Waals surface area contributed by atoms with E-state index in [9.17, 15) is 10.1 Å². The standard InChI is InChI=1S/C15H18N4OS/c1-4-5-6-17-14(20)12(8-16)7-13-11(3)18-15-19(13)9-10(2)21-15/h7,9H,4-6H2,1-3H3,(H,17,20)/b12-7+. The third-order valence-electron chi connectivity index (χ3n) is 3.12. The average Bonchev–Trinajstić information content (AvgIpc) is 2.92. The van der Waals surface area contributed by atoms with Crippen molar-refractivity contribution in [3.05, 3.63) is 28.0 Å². The summed E-state index contributed by atoms with van der Waals surface area (Å²) in [6.07, 6.45) is 5.49. The van der Waals surface area contributed by atoms with Gasteiger partial charge in [-0.3, -0.25) is 9.20 Å². The molecule has 1 amide bonds. The molecule has 0 aliphatic heterocycles. The van der Waals surface area contributed by atoms with Crippen molar-refractivity contribution in [3.63, 3.8) is 0 Å². The van der Waals surface area contributed by atoms with Gasteiger partial charge >= 0.3 is 0 Å². The number of rotatable bonds is 5. The van der Waals surface area contributed by atoms with Crippen molar-refractivity contribution in [2.24, 2.45) is 0 Å². The number of hydrogen-bond acceptors (Lipinski definition) is 4. The van der Waals surface area contributed by atoms with E-state index >= 15 is 0 Å². The first-order chi connectivity index (χ1) is 10.1. The van der Waals surface area contributed by atoms with E-state index in [2.05, 4.69) is 17.2 Å². The Balaban J connectivity index is 2.31. The fourth-order valence-electron chi connectivity index (χ4n) is 2.01. The van der Waals surface area contributed by atoms with Crippen LogP contribution in [0.2, 0.25) is 0 Å². The lowest BCUT2D eigenvalue weighted by Gasteiger charge is -2.02. The van der Waals surface area contributed by atoms with Gasteiger partial charge in [0, 0.05) is 17.6 Å². The van der Waals surface area contributed by atoms with Crippen molar-refractivity contribution in [1.29, 1.82) is 5.26 Å². The topological polar surface area (TPSA) is 70.2 Å². The average molecular weight is 302 g/mol. The number of nitrogens with one attached hydrogen (secondary N) is 1. The zero-order valence-corrected chi connectivity index (χ0v) is 13.3. The molecule has 0 saturated carbocycles. The fourth-order valence-corrected chi connectivity index (χ4v) is 2.89. The Hall–Kier alpha value is -2.13. The van der Waals surface area contributed by atoms with Crippen LogP contribution in [-0.4, -0.2) is 21.8 Å². The molecule has 2 aromatic rings. The highest BCUT2D eigenvalue weighted by Gasteiger charge is 2.13. The summed E-state index contributed by atoms with van der Waals surface area (Å²) in [5, 5.41) is 12.0. The molecule has 1 N–H and O–H groups in total. The van der Waals surface area contributed by atoms with Gasteiger partial charge in [-0.1, -0.05) is 13.3 Å². The number of hydrogen-bond donors (Lipinski definition) is 1. The Morgan fingerprint density at radius 2 is 2.33 bits per heavy atom. The summed E-state index contributed by atoms with van der Waals surface area (Å²) in [6, 6.07) is 1.98. The molecule has 2 aromatic heterocycles. The van der Waals surface area contributed by atoms with Crippen LogP contribution >= 0.6 is 11.3 Å². The summed E-state index contributed by atoms with van der Waals surface area (Å²) in [7, 11) is 0. The van der Waals surface area contributed by atoms with Gasteiger partial charge in [-0.25, -0.2) is 4.98 Å². The van der Waals surface area contributed by atoms with Gasteiger partial charge < -0.3 is 5.32 Å². The highest BCUT2D eigenvalue weighted by atomic mass is 32.1. The minimum atomic E-state index is -0.327. The molecule has 0 radical (unpaired) electrons. The van der Waals surface area contributed by atoms with Gasteiger partial charge in [0.2, 0.25) is 0 Å². The van der Waals surface area contributed by atoms with Crippen molar-refractivity contribution in [2.45, 2.75) is 33.6 Å². The van der Waals surface area contributed by atoms with Crippen LogP contribution in [0.25, 0.3) is 11.0 Å². The molecule has 6 heteroatoms.